The number of imidazole rings is 1. The van der Waals surface area contributed by atoms with Crippen molar-refractivity contribution in [1.29, 1.82) is 0 Å². The lowest BCUT2D eigenvalue weighted by molar-refractivity contribution is 1.32. The summed E-state index contributed by atoms with van der Waals surface area (Å²) in [6.45, 7) is 4.21. The highest BCUT2D eigenvalue weighted by molar-refractivity contribution is 5.83. The minimum Gasteiger partial charge on any atom is -0.399 e. The molecule has 92 valence electrons. The first-order chi connectivity index (χ1) is 8.65. The lowest BCUT2D eigenvalue weighted by atomic mass is 10.1. The largest absolute Gasteiger partial charge is 0.399 e. The molecule has 1 heterocycles. The van der Waals surface area contributed by atoms with Crippen molar-refractivity contribution in [1.82, 2.24) is 9.97 Å². The number of nitrogens with zero attached hydrogens (tertiary/aromatic N) is 1. The molecular formula is C15H17N3. The summed E-state index contributed by atoms with van der Waals surface area (Å²) in [7, 11) is 0. The molecule has 3 nitrogen and oxygen atoms in total. The Morgan fingerprint density at radius 3 is 2.50 bits per heavy atom. The second kappa shape index (κ2) is 3.88. The summed E-state index contributed by atoms with van der Waals surface area (Å²) >= 11 is 0. The van der Waals surface area contributed by atoms with Gasteiger partial charge in [-0.3, -0.25) is 0 Å². The number of rotatable bonds is 1. The Morgan fingerprint density at radius 2 is 1.78 bits per heavy atom. The Kier molecular flexibility index (Phi) is 2.33. The number of hydrogen-bond donors (Lipinski definition) is 2. The SMILES string of the molecule is Cc1ccc2[nH]c(-c3ccc(N)cc3)nc2c1C.[HH]. The first-order valence-electron chi connectivity index (χ1n) is 5.97. The molecule has 0 radical (unpaired) electrons. The third-order valence-corrected chi connectivity index (χ3v) is 3.36. The third kappa shape index (κ3) is 1.64. The van der Waals surface area contributed by atoms with Gasteiger partial charge < -0.3 is 10.7 Å². The van der Waals surface area contributed by atoms with Gasteiger partial charge in [-0.2, -0.15) is 0 Å². The first kappa shape index (κ1) is 10.8. The summed E-state index contributed by atoms with van der Waals surface area (Å²) in [6, 6.07) is 11.9. The van der Waals surface area contributed by atoms with Gasteiger partial charge >= 0.3 is 0 Å². The molecule has 3 N–H and O–H groups in total. The van der Waals surface area contributed by atoms with Crippen LogP contribution in [0.2, 0.25) is 0 Å². The molecule has 0 atom stereocenters. The molecule has 0 unspecified atom stereocenters. The van der Waals surface area contributed by atoms with Crippen LogP contribution >= 0.6 is 0 Å². The van der Waals surface area contributed by atoms with Gasteiger partial charge in [0.25, 0.3) is 0 Å². The van der Waals surface area contributed by atoms with Gasteiger partial charge in [-0.25, -0.2) is 4.98 Å². The average molecular weight is 239 g/mol. The van der Waals surface area contributed by atoms with E-state index in [-0.39, 0.29) is 1.43 Å². The van der Waals surface area contributed by atoms with Crippen molar-refractivity contribution in [3.8, 4) is 11.4 Å². The van der Waals surface area contributed by atoms with E-state index in [1.165, 1.54) is 11.1 Å². The molecule has 3 aromatic rings. The van der Waals surface area contributed by atoms with Crippen LogP contribution in [0, 0.1) is 13.8 Å². The molecule has 0 fully saturated rings. The number of benzene rings is 2. The van der Waals surface area contributed by atoms with Crippen LogP contribution in [0.1, 0.15) is 12.6 Å². The highest BCUT2D eigenvalue weighted by atomic mass is 14.9. The highest BCUT2D eigenvalue weighted by Crippen LogP contribution is 2.24. The number of H-pyrrole nitrogens is 1. The fraction of sp³-hybridized carbons (Fsp3) is 0.133. The molecular weight excluding hydrogens is 222 g/mol. The zero-order valence-electron chi connectivity index (χ0n) is 10.5. The molecule has 1 aromatic heterocycles. The molecule has 0 bridgehead atoms. The highest BCUT2D eigenvalue weighted by Gasteiger charge is 2.08. The fourth-order valence-electron chi connectivity index (χ4n) is 2.09. The molecule has 0 aliphatic carbocycles. The van der Waals surface area contributed by atoms with Gasteiger partial charge in [0.15, 0.2) is 0 Å². The molecule has 0 aliphatic rings. The van der Waals surface area contributed by atoms with Crippen LogP contribution in [0.3, 0.4) is 0 Å². The number of nitrogens with one attached hydrogen (secondary N) is 1. The average Bonchev–Trinajstić information content (AvgIpc) is 2.80. The van der Waals surface area contributed by atoms with Gasteiger partial charge in [-0.05, 0) is 55.3 Å². The van der Waals surface area contributed by atoms with Gasteiger partial charge in [0.2, 0.25) is 0 Å². The summed E-state index contributed by atoms with van der Waals surface area (Å²) in [5, 5.41) is 0. The van der Waals surface area contributed by atoms with E-state index in [9.17, 15) is 0 Å². The predicted octanol–water partition coefficient (Wildman–Crippen LogP) is 3.67. The number of anilines is 1. The van der Waals surface area contributed by atoms with E-state index in [0.29, 0.717) is 0 Å². The lowest BCUT2D eigenvalue weighted by Crippen LogP contribution is -1.85. The topological polar surface area (TPSA) is 54.7 Å². The number of aryl methyl sites for hydroxylation is 2. The van der Waals surface area contributed by atoms with Crippen LogP contribution in [-0.2, 0) is 0 Å². The first-order valence-corrected chi connectivity index (χ1v) is 5.97. The van der Waals surface area contributed by atoms with Gasteiger partial charge in [0.05, 0.1) is 11.0 Å². The van der Waals surface area contributed by atoms with E-state index in [4.69, 9.17) is 5.73 Å². The fourth-order valence-corrected chi connectivity index (χ4v) is 2.09. The smallest absolute Gasteiger partial charge is 0.138 e. The van der Waals surface area contributed by atoms with E-state index >= 15 is 0 Å². The minimum atomic E-state index is 0. The van der Waals surface area contributed by atoms with Crippen molar-refractivity contribution in [2.24, 2.45) is 0 Å². The summed E-state index contributed by atoms with van der Waals surface area (Å²) in [4.78, 5) is 8.02. The van der Waals surface area contributed by atoms with Crippen LogP contribution in [0.15, 0.2) is 36.4 Å². The third-order valence-electron chi connectivity index (χ3n) is 3.36. The Morgan fingerprint density at radius 1 is 1.06 bits per heavy atom. The molecule has 0 amide bonds. The number of nitrogens with two attached hydrogens (primary N) is 1. The Bertz CT molecular complexity index is 714. The molecule has 0 saturated carbocycles. The molecule has 3 rings (SSSR count). The second-order valence-corrected chi connectivity index (χ2v) is 4.61. The second-order valence-electron chi connectivity index (χ2n) is 4.61. The summed E-state index contributed by atoms with van der Waals surface area (Å²) in [6.07, 6.45) is 0. The van der Waals surface area contributed by atoms with Crippen molar-refractivity contribution in [3.63, 3.8) is 0 Å². The zero-order valence-corrected chi connectivity index (χ0v) is 10.5. The summed E-state index contributed by atoms with van der Waals surface area (Å²) < 4.78 is 0. The number of nitrogen functional groups attached to an aromatic ring is 1. The maximum Gasteiger partial charge on any atom is 0.138 e. The van der Waals surface area contributed by atoms with Gasteiger partial charge in [0, 0.05) is 12.7 Å². The van der Waals surface area contributed by atoms with Crippen LogP contribution in [0.25, 0.3) is 22.4 Å². The maximum absolute atomic E-state index is 5.69. The van der Waals surface area contributed by atoms with Gasteiger partial charge in [-0.1, -0.05) is 6.07 Å². The van der Waals surface area contributed by atoms with Gasteiger partial charge in [0.1, 0.15) is 5.82 Å². The number of aromatic nitrogens is 2. The van der Waals surface area contributed by atoms with E-state index in [2.05, 4.69) is 35.9 Å². The van der Waals surface area contributed by atoms with Crippen molar-refractivity contribution < 1.29 is 1.43 Å². The molecule has 2 aromatic carbocycles. The minimum absolute atomic E-state index is 0. The van der Waals surface area contributed by atoms with Crippen molar-refractivity contribution in [2.75, 3.05) is 5.73 Å². The predicted molar refractivity (Wildman–Crippen MR) is 77.5 cm³/mol. The van der Waals surface area contributed by atoms with Gasteiger partial charge in [-0.15, -0.1) is 0 Å². The van der Waals surface area contributed by atoms with Crippen molar-refractivity contribution in [2.45, 2.75) is 13.8 Å². The van der Waals surface area contributed by atoms with E-state index in [1.54, 1.807) is 0 Å². The number of fused-ring (bicyclic) bond motifs is 1. The monoisotopic (exact) mass is 239 g/mol. The Hall–Kier alpha value is -2.29. The molecule has 0 saturated heterocycles. The summed E-state index contributed by atoms with van der Waals surface area (Å²) in [5.74, 6) is 0.888. The number of hydrogen-bond acceptors (Lipinski definition) is 2. The van der Waals surface area contributed by atoms with E-state index < -0.39 is 0 Å². The normalized spacial score (nSPS) is 11.0. The Balaban J connectivity index is 0.00000133. The zero-order chi connectivity index (χ0) is 12.7. The summed E-state index contributed by atoms with van der Waals surface area (Å²) in [5.41, 5.74) is 12.1. The lowest BCUT2D eigenvalue weighted by Gasteiger charge is -1.98. The van der Waals surface area contributed by atoms with Crippen LogP contribution in [0.5, 0.6) is 0 Å². The van der Waals surface area contributed by atoms with Crippen LogP contribution in [-0.4, -0.2) is 9.97 Å². The van der Waals surface area contributed by atoms with Crippen molar-refractivity contribution >= 4 is 16.7 Å². The maximum atomic E-state index is 5.69. The molecule has 0 spiro atoms. The van der Waals surface area contributed by atoms with E-state index in [0.717, 1.165) is 28.1 Å². The quantitative estimate of drug-likeness (QED) is 0.636. The van der Waals surface area contributed by atoms with Crippen LogP contribution < -0.4 is 5.73 Å². The van der Waals surface area contributed by atoms with Crippen LogP contribution in [0.4, 0.5) is 5.69 Å². The van der Waals surface area contributed by atoms with E-state index in [1.807, 2.05) is 24.3 Å². The Labute approximate surface area is 107 Å². The number of aromatic amines is 1. The standard InChI is InChI=1S/C15H15N3.H2/c1-9-3-8-13-14(10(9)2)18-15(17-13)11-4-6-12(16)7-5-11;/h3-8H,16H2,1-2H3,(H,17,18);1H. The van der Waals surface area contributed by atoms with Crippen molar-refractivity contribution in [3.05, 3.63) is 47.5 Å². The molecule has 18 heavy (non-hydrogen) atoms. The molecule has 3 heteroatoms. The molecule has 0 aliphatic heterocycles.